The minimum absolute atomic E-state index is 0.537. The molecule has 1 nitrogen and oxygen atoms in total. The van der Waals surface area contributed by atoms with Gasteiger partial charge in [-0.05, 0) is 25.2 Å². The van der Waals surface area contributed by atoms with Gasteiger partial charge in [-0.15, -0.1) is 0 Å². The molecule has 1 saturated carbocycles. The third kappa shape index (κ3) is 2.48. The highest BCUT2D eigenvalue weighted by atomic mass is 16.5. The van der Waals surface area contributed by atoms with Gasteiger partial charge in [-0.1, -0.05) is 26.2 Å². The summed E-state index contributed by atoms with van der Waals surface area (Å²) in [5.74, 6) is 0.860. The van der Waals surface area contributed by atoms with Crippen molar-refractivity contribution in [3.05, 3.63) is 0 Å². The highest BCUT2D eigenvalue weighted by molar-refractivity contribution is 4.72. The molecule has 66 valence electrons. The van der Waals surface area contributed by atoms with Crippen molar-refractivity contribution in [2.45, 2.75) is 51.6 Å². The van der Waals surface area contributed by atoms with Gasteiger partial charge in [-0.3, -0.25) is 0 Å². The third-order valence-electron chi connectivity index (χ3n) is 2.88. The lowest BCUT2D eigenvalue weighted by Crippen LogP contribution is -2.24. The van der Waals surface area contributed by atoms with Crippen molar-refractivity contribution in [2.75, 3.05) is 7.11 Å². The van der Waals surface area contributed by atoms with Gasteiger partial charge < -0.3 is 4.74 Å². The standard InChI is InChI=1S/C10H20O/c1-3-10(11-2)9-7-5-4-6-8-9/h9-10H,3-8H2,1-2H3. The van der Waals surface area contributed by atoms with E-state index in [1.54, 1.807) is 0 Å². The zero-order valence-corrected chi connectivity index (χ0v) is 7.81. The molecule has 0 spiro atoms. The van der Waals surface area contributed by atoms with E-state index in [9.17, 15) is 0 Å². The van der Waals surface area contributed by atoms with Crippen LogP contribution < -0.4 is 0 Å². The van der Waals surface area contributed by atoms with Crippen molar-refractivity contribution in [3.63, 3.8) is 0 Å². The summed E-state index contributed by atoms with van der Waals surface area (Å²) in [4.78, 5) is 0. The average molecular weight is 156 g/mol. The van der Waals surface area contributed by atoms with Crippen molar-refractivity contribution in [1.82, 2.24) is 0 Å². The van der Waals surface area contributed by atoms with Crippen molar-refractivity contribution in [2.24, 2.45) is 5.92 Å². The molecule has 0 N–H and O–H groups in total. The van der Waals surface area contributed by atoms with E-state index in [1.807, 2.05) is 7.11 Å². The third-order valence-corrected chi connectivity index (χ3v) is 2.88. The molecule has 0 heterocycles. The van der Waals surface area contributed by atoms with Crippen molar-refractivity contribution in [1.29, 1.82) is 0 Å². The van der Waals surface area contributed by atoms with E-state index in [2.05, 4.69) is 6.92 Å². The van der Waals surface area contributed by atoms with Gasteiger partial charge in [0.15, 0.2) is 0 Å². The molecule has 0 radical (unpaired) electrons. The molecule has 1 rings (SSSR count). The van der Waals surface area contributed by atoms with Gasteiger partial charge in [0.25, 0.3) is 0 Å². The quantitative estimate of drug-likeness (QED) is 0.610. The Balaban J connectivity index is 2.30. The number of rotatable bonds is 3. The lowest BCUT2D eigenvalue weighted by atomic mass is 9.84. The summed E-state index contributed by atoms with van der Waals surface area (Å²) in [7, 11) is 1.85. The van der Waals surface area contributed by atoms with Crippen molar-refractivity contribution >= 4 is 0 Å². The summed E-state index contributed by atoms with van der Waals surface area (Å²) in [6.45, 7) is 2.22. The molecule has 11 heavy (non-hydrogen) atoms. The zero-order valence-electron chi connectivity index (χ0n) is 7.81. The van der Waals surface area contributed by atoms with Crippen LogP contribution in [0.25, 0.3) is 0 Å². The van der Waals surface area contributed by atoms with Gasteiger partial charge in [0, 0.05) is 7.11 Å². The predicted octanol–water partition coefficient (Wildman–Crippen LogP) is 2.99. The highest BCUT2D eigenvalue weighted by Gasteiger charge is 2.21. The molecule has 0 aromatic rings. The Labute approximate surface area is 70.1 Å². The van der Waals surface area contributed by atoms with Crippen LogP contribution in [0.5, 0.6) is 0 Å². The first-order valence-electron chi connectivity index (χ1n) is 4.91. The summed E-state index contributed by atoms with van der Waals surface area (Å²) in [5.41, 5.74) is 0. The number of ether oxygens (including phenoxy) is 1. The SMILES string of the molecule is CCC(OC)C1CCCCC1. The maximum absolute atomic E-state index is 5.44. The topological polar surface area (TPSA) is 9.23 Å². The summed E-state index contributed by atoms with van der Waals surface area (Å²) < 4.78 is 5.44. The number of hydrogen-bond donors (Lipinski definition) is 0. The lowest BCUT2D eigenvalue weighted by molar-refractivity contribution is 0.0340. The van der Waals surface area contributed by atoms with Crippen molar-refractivity contribution in [3.8, 4) is 0 Å². The van der Waals surface area contributed by atoms with E-state index in [-0.39, 0.29) is 0 Å². The van der Waals surface area contributed by atoms with E-state index < -0.39 is 0 Å². The van der Waals surface area contributed by atoms with Gasteiger partial charge in [0.1, 0.15) is 0 Å². The molecule has 1 fully saturated rings. The molecule has 0 bridgehead atoms. The largest absolute Gasteiger partial charge is 0.381 e. The fourth-order valence-electron chi connectivity index (χ4n) is 2.20. The Morgan fingerprint density at radius 2 is 1.91 bits per heavy atom. The van der Waals surface area contributed by atoms with E-state index in [0.29, 0.717) is 6.10 Å². The first-order chi connectivity index (χ1) is 5.38. The smallest absolute Gasteiger partial charge is 0.0596 e. The summed E-state index contributed by atoms with van der Waals surface area (Å²) in [6.07, 6.45) is 8.79. The summed E-state index contributed by atoms with van der Waals surface area (Å²) >= 11 is 0. The monoisotopic (exact) mass is 156 g/mol. The predicted molar refractivity (Wildman–Crippen MR) is 47.7 cm³/mol. The summed E-state index contributed by atoms with van der Waals surface area (Å²) in [5, 5.41) is 0. The molecule has 0 aromatic carbocycles. The lowest BCUT2D eigenvalue weighted by Gasteiger charge is -2.28. The normalized spacial score (nSPS) is 23.5. The second-order valence-corrected chi connectivity index (χ2v) is 3.58. The molecule has 0 saturated heterocycles. The Morgan fingerprint density at radius 1 is 1.27 bits per heavy atom. The van der Waals surface area contributed by atoms with Gasteiger partial charge in [0.2, 0.25) is 0 Å². The molecule has 0 aliphatic heterocycles. The second-order valence-electron chi connectivity index (χ2n) is 3.58. The second kappa shape index (κ2) is 4.76. The van der Waals surface area contributed by atoms with Gasteiger partial charge in [-0.25, -0.2) is 0 Å². The minimum Gasteiger partial charge on any atom is -0.381 e. The van der Waals surface area contributed by atoms with E-state index >= 15 is 0 Å². The minimum atomic E-state index is 0.537. The van der Waals surface area contributed by atoms with E-state index in [1.165, 1.54) is 38.5 Å². The molecular formula is C10H20O. The zero-order chi connectivity index (χ0) is 8.10. The van der Waals surface area contributed by atoms with Crippen LogP contribution in [-0.2, 0) is 4.74 Å². The van der Waals surface area contributed by atoms with Crippen LogP contribution in [0.1, 0.15) is 45.4 Å². The summed E-state index contributed by atoms with van der Waals surface area (Å²) in [6, 6.07) is 0. The maximum atomic E-state index is 5.44. The van der Waals surface area contributed by atoms with Gasteiger partial charge in [-0.2, -0.15) is 0 Å². The van der Waals surface area contributed by atoms with Gasteiger partial charge in [0.05, 0.1) is 6.10 Å². The van der Waals surface area contributed by atoms with E-state index in [4.69, 9.17) is 4.74 Å². The van der Waals surface area contributed by atoms with Crippen LogP contribution in [0.3, 0.4) is 0 Å². The number of methoxy groups -OCH3 is 1. The Kier molecular flexibility index (Phi) is 3.92. The molecule has 1 aliphatic rings. The van der Waals surface area contributed by atoms with Crippen LogP contribution in [0.15, 0.2) is 0 Å². The Morgan fingerprint density at radius 3 is 2.36 bits per heavy atom. The van der Waals surface area contributed by atoms with Crippen LogP contribution in [0, 0.1) is 5.92 Å². The first-order valence-corrected chi connectivity index (χ1v) is 4.91. The van der Waals surface area contributed by atoms with Crippen LogP contribution in [-0.4, -0.2) is 13.2 Å². The fourth-order valence-corrected chi connectivity index (χ4v) is 2.20. The Hall–Kier alpha value is -0.0400. The molecule has 0 aromatic heterocycles. The molecule has 1 atom stereocenters. The van der Waals surface area contributed by atoms with Crippen molar-refractivity contribution < 1.29 is 4.74 Å². The molecule has 0 amide bonds. The Bertz CT molecular complexity index is 91.0. The maximum Gasteiger partial charge on any atom is 0.0596 e. The van der Waals surface area contributed by atoms with E-state index in [0.717, 1.165) is 5.92 Å². The van der Waals surface area contributed by atoms with Crippen LogP contribution in [0.2, 0.25) is 0 Å². The van der Waals surface area contributed by atoms with Crippen LogP contribution >= 0.6 is 0 Å². The highest BCUT2D eigenvalue weighted by Crippen LogP contribution is 2.28. The molecule has 1 unspecified atom stereocenters. The fraction of sp³-hybridized carbons (Fsp3) is 1.00. The first kappa shape index (κ1) is 9.05. The molecule has 1 aliphatic carbocycles. The van der Waals surface area contributed by atoms with Gasteiger partial charge >= 0.3 is 0 Å². The molecular weight excluding hydrogens is 136 g/mol. The molecule has 1 heteroatoms. The van der Waals surface area contributed by atoms with Crippen LogP contribution in [0.4, 0.5) is 0 Å². The number of hydrogen-bond acceptors (Lipinski definition) is 1. The average Bonchev–Trinajstić information content (AvgIpc) is 2.09.